The number of unbranched alkanes of at least 4 members (excludes halogenated alkanes) is 4. The van der Waals surface area contributed by atoms with E-state index >= 15 is 0 Å². The smallest absolute Gasteiger partial charge is 0.124 e. The summed E-state index contributed by atoms with van der Waals surface area (Å²) in [7, 11) is 0. The second kappa shape index (κ2) is 7.67. The molecule has 3 heteroatoms. The van der Waals surface area contributed by atoms with Gasteiger partial charge in [0.15, 0.2) is 0 Å². The van der Waals surface area contributed by atoms with E-state index in [4.69, 9.17) is 11.6 Å². The molecule has 1 nitrogen and oxygen atoms in total. The van der Waals surface area contributed by atoms with Crippen molar-refractivity contribution in [1.29, 1.82) is 0 Å². The zero-order valence-corrected chi connectivity index (χ0v) is 11.0. The van der Waals surface area contributed by atoms with Gasteiger partial charge in [-0.05, 0) is 24.1 Å². The third kappa shape index (κ3) is 5.05. The van der Waals surface area contributed by atoms with Gasteiger partial charge in [0.05, 0.1) is 6.10 Å². The van der Waals surface area contributed by atoms with Gasteiger partial charge in [0, 0.05) is 5.02 Å². The Hall–Kier alpha value is -0.600. The monoisotopic (exact) mass is 258 g/mol. The first-order valence-electron chi connectivity index (χ1n) is 6.28. The number of hydrogen-bond acceptors (Lipinski definition) is 1. The van der Waals surface area contributed by atoms with E-state index in [9.17, 15) is 9.50 Å². The number of rotatable bonds is 7. The highest BCUT2D eigenvalue weighted by Crippen LogP contribution is 2.27. The van der Waals surface area contributed by atoms with Gasteiger partial charge >= 0.3 is 0 Å². The lowest BCUT2D eigenvalue weighted by Crippen LogP contribution is -1.99. The molecule has 17 heavy (non-hydrogen) atoms. The molecule has 0 bridgehead atoms. The SMILES string of the molecule is CCCCCCCC(O)c1ccc(F)cc1Cl. The maximum absolute atomic E-state index is 12.8. The first-order valence-corrected chi connectivity index (χ1v) is 6.66. The van der Waals surface area contributed by atoms with Crippen LogP contribution >= 0.6 is 11.6 Å². The number of benzene rings is 1. The summed E-state index contributed by atoms with van der Waals surface area (Å²) in [6.07, 6.45) is 5.89. The minimum atomic E-state index is -0.579. The van der Waals surface area contributed by atoms with Gasteiger partial charge in [-0.25, -0.2) is 4.39 Å². The highest BCUT2D eigenvalue weighted by molar-refractivity contribution is 6.31. The van der Waals surface area contributed by atoms with Crippen LogP contribution in [0.15, 0.2) is 18.2 Å². The topological polar surface area (TPSA) is 20.2 Å². The summed E-state index contributed by atoms with van der Waals surface area (Å²) < 4.78 is 12.8. The van der Waals surface area contributed by atoms with Gasteiger partial charge in [0.25, 0.3) is 0 Å². The van der Waals surface area contributed by atoms with E-state index in [-0.39, 0.29) is 5.82 Å². The molecule has 0 saturated heterocycles. The van der Waals surface area contributed by atoms with Crippen LogP contribution in [0.4, 0.5) is 4.39 Å². The van der Waals surface area contributed by atoms with E-state index in [0.717, 1.165) is 12.8 Å². The first-order chi connectivity index (χ1) is 8.15. The Morgan fingerprint density at radius 3 is 2.59 bits per heavy atom. The van der Waals surface area contributed by atoms with Crippen LogP contribution in [-0.2, 0) is 0 Å². The van der Waals surface area contributed by atoms with Crippen LogP contribution in [0.2, 0.25) is 5.02 Å². The van der Waals surface area contributed by atoms with Gasteiger partial charge in [-0.2, -0.15) is 0 Å². The van der Waals surface area contributed by atoms with Gasteiger partial charge in [0.1, 0.15) is 5.82 Å². The Morgan fingerprint density at radius 1 is 1.24 bits per heavy atom. The molecule has 0 saturated carbocycles. The third-order valence-electron chi connectivity index (χ3n) is 2.90. The van der Waals surface area contributed by atoms with Crippen molar-refractivity contribution in [2.24, 2.45) is 0 Å². The molecule has 96 valence electrons. The molecule has 0 heterocycles. The van der Waals surface area contributed by atoms with E-state index in [2.05, 4.69) is 6.92 Å². The van der Waals surface area contributed by atoms with E-state index < -0.39 is 6.10 Å². The molecule has 1 atom stereocenters. The molecule has 0 aliphatic heterocycles. The largest absolute Gasteiger partial charge is 0.388 e. The fourth-order valence-corrected chi connectivity index (χ4v) is 2.16. The molecule has 1 rings (SSSR count). The minimum Gasteiger partial charge on any atom is -0.388 e. The average molecular weight is 259 g/mol. The highest BCUT2D eigenvalue weighted by atomic mass is 35.5. The first kappa shape index (κ1) is 14.5. The molecule has 1 aromatic carbocycles. The van der Waals surface area contributed by atoms with Crippen molar-refractivity contribution in [3.8, 4) is 0 Å². The molecule has 1 N–H and O–H groups in total. The standard InChI is InChI=1S/C14H20ClFO/c1-2-3-4-5-6-7-14(17)12-9-8-11(16)10-13(12)15/h8-10,14,17H,2-7H2,1H3. The maximum Gasteiger partial charge on any atom is 0.124 e. The van der Waals surface area contributed by atoms with Crippen molar-refractivity contribution in [2.75, 3.05) is 0 Å². The second-order valence-electron chi connectivity index (χ2n) is 4.38. The lowest BCUT2D eigenvalue weighted by molar-refractivity contribution is 0.163. The molecule has 0 aliphatic rings. The Kier molecular flexibility index (Phi) is 6.53. The van der Waals surface area contributed by atoms with Gasteiger partial charge in [-0.15, -0.1) is 0 Å². The Bertz CT molecular complexity index is 341. The molecule has 0 aromatic heterocycles. The van der Waals surface area contributed by atoms with E-state index in [0.29, 0.717) is 17.0 Å². The van der Waals surface area contributed by atoms with Crippen molar-refractivity contribution in [2.45, 2.75) is 51.6 Å². The van der Waals surface area contributed by atoms with Crippen molar-refractivity contribution in [3.05, 3.63) is 34.6 Å². The average Bonchev–Trinajstić information content (AvgIpc) is 2.28. The second-order valence-corrected chi connectivity index (χ2v) is 4.79. The van der Waals surface area contributed by atoms with Crippen molar-refractivity contribution < 1.29 is 9.50 Å². The lowest BCUT2D eigenvalue weighted by atomic mass is 10.0. The van der Waals surface area contributed by atoms with Gasteiger partial charge in [-0.3, -0.25) is 0 Å². The van der Waals surface area contributed by atoms with Crippen molar-refractivity contribution in [1.82, 2.24) is 0 Å². The maximum atomic E-state index is 12.8. The van der Waals surface area contributed by atoms with Crippen LogP contribution in [0.3, 0.4) is 0 Å². The summed E-state index contributed by atoms with van der Waals surface area (Å²) in [5, 5.41) is 10.3. The molecule has 0 radical (unpaired) electrons. The van der Waals surface area contributed by atoms with Crippen LogP contribution in [0.1, 0.15) is 57.1 Å². The number of aliphatic hydroxyl groups is 1. The molecule has 0 fully saturated rings. The Labute approximate surface area is 108 Å². The molecule has 1 unspecified atom stereocenters. The highest BCUT2D eigenvalue weighted by Gasteiger charge is 2.11. The fourth-order valence-electron chi connectivity index (χ4n) is 1.87. The van der Waals surface area contributed by atoms with E-state index in [1.54, 1.807) is 6.07 Å². The Morgan fingerprint density at radius 2 is 1.94 bits per heavy atom. The minimum absolute atomic E-state index is 0.311. The molecular formula is C14H20ClFO. The van der Waals surface area contributed by atoms with Gasteiger partial charge < -0.3 is 5.11 Å². The predicted octanol–water partition coefficient (Wildman–Crippen LogP) is 4.87. The Balaban J connectivity index is 2.38. The molecule has 0 aliphatic carbocycles. The molecular weight excluding hydrogens is 239 g/mol. The van der Waals surface area contributed by atoms with Crippen LogP contribution in [0, 0.1) is 5.82 Å². The van der Waals surface area contributed by atoms with Crippen LogP contribution in [0.25, 0.3) is 0 Å². The lowest BCUT2D eigenvalue weighted by Gasteiger charge is -2.12. The van der Waals surface area contributed by atoms with Crippen LogP contribution in [0.5, 0.6) is 0 Å². The third-order valence-corrected chi connectivity index (χ3v) is 3.23. The predicted molar refractivity (Wildman–Crippen MR) is 69.7 cm³/mol. The number of halogens is 2. The summed E-state index contributed by atoms with van der Waals surface area (Å²) >= 11 is 5.89. The van der Waals surface area contributed by atoms with E-state index in [1.807, 2.05) is 0 Å². The summed E-state index contributed by atoms with van der Waals surface area (Å²) in [4.78, 5) is 0. The summed E-state index contributed by atoms with van der Waals surface area (Å²) in [6, 6.07) is 4.15. The summed E-state index contributed by atoms with van der Waals surface area (Å²) in [5.74, 6) is -0.367. The van der Waals surface area contributed by atoms with Crippen molar-refractivity contribution in [3.63, 3.8) is 0 Å². The molecule has 0 spiro atoms. The summed E-state index contributed by atoms with van der Waals surface area (Å²) in [6.45, 7) is 2.17. The van der Waals surface area contributed by atoms with Gasteiger partial charge in [-0.1, -0.05) is 56.7 Å². The normalized spacial score (nSPS) is 12.7. The quantitative estimate of drug-likeness (QED) is 0.692. The van der Waals surface area contributed by atoms with E-state index in [1.165, 1.54) is 31.4 Å². The number of aliphatic hydroxyl groups excluding tert-OH is 1. The number of hydrogen-bond donors (Lipinski definition) is 1. The van der Waals surface area contributed by atoms with Gasteiger partial charge in [0.2, 0.25) is 0 Å². The van der Waals surface area contributed by atoms with Crippen molar-refractivity contribution >= 4 is 11.6 Å². The zero-order chi connectivity index (χ0) is 12.7. The zero-order valence-electron chi connectivity index (χ0n) is 10.3. The van der Waals surface area contributed by atoms with Crippen LogP contribution in [-0.4, -0.2) is 5.11 Å². The summed E-state index contributed by atoms with van der Waals surface area (Å²) in [5.41, 5.74) is 0.628. The molecule has 0 amide bonds. The van der Waals surface area contributed by atoms with Crippen LogP contribution < -0.4 is 0 Å². The fraction of sp³-hybridized carbons (Fsp3) is 0.571. The molecule has 1 aromatic rings.